The van der Waals surface area contributed by atoms with E-state index in [0.29, 0.717) is 18.0 Å². The third-order valence-electron chi connectivity index (χ3n) is 4.67. The number of rotatable bonds is 7. The second kappa shape index (κ2) is 10.2. The fourth-order valence-corrected chi connectivity index (χ4v) is 3.84. The Morgan fingerprint density at radius 3 is 2.53 bits per heavy atom. The number of piperazine rings is 1. The largest absolute Gasteiger partial charge is 0.497 e. The van der Waals surface area contributed by atoms with E-state index in [1.165, 1.54) is 0 Å². The van der Waals surface area contributed by atoms with Crippen LogP contribution in [-0.2, 0) is 0 Å². The van der Waals surface area contributed by atoms with Crippen LogP contribution in [0.5, 0.6) is 11.5 Å². The Morgan fingerprint density at radius 2 is 1.90 bits per heavy atom. The number of aliphatic hydroxyl groups excluding tert-OH is 1. The second-order valence-electron chi connectivity index (χ2n) is 8.46. The molecule has 2 heterocycles. The SMILES string of the molecule is COc1cc(C#CC(C)(C)C)cc(OCC(O)CN2CCN(c3nccs3)CC2)c1. The molecule has 1 N–H and O–H groups in total. The van der Waals surface area contributed by atoms with Gasteiger partial charge in [0.15, 0.2) is 5.13 Å². The first-order chi connectivity index (χ1) is 14.3. The molecule has 162 valence electrons. The first kappa shape index (κ1) is 22.4. The van der Waals surface area contributed by atoms with Crippen molar-refractivity contribution in [3.8, 4) is 23.3 Å². The fourth-order valence-electron chi connectivity index (χ4n) is 3.14. The summed E-state index contributed by atoms with van der Waals surface area (Å²) in [7, 11) is 1.63. The molecule has 1 saturated heterocycles. The molecule has 1 aliphatic rings. The summed E-state index contributed by atoms with van der Waals surface area (Å²) in [5.41, 5.74) is 0.760. The normalized spacial score (nSPS) is 16.0. The van der Waals surface area contributed by atoms with Gasteiger partial charge in [0, 0.05) is 61.3 Å². The van der Waals surface area contributed by atoms with Gasteiger partial charge >= 0.3 is 0 Å². The molecule has 0 spiro atoms. The molecule has 1 unspecified atom stereocenters. The van der Waals surface area contributed by atoms with Crippen LogP contribution in [0.1, 0.15) is 26.3 Å². The van der Waals surface area contributed by atoms with Crippen LogP contribution in [0.2, 0.25) is 0 Å². The highest BCUT2D eigenvalue weighted by Gasteiger charge is 2.21. The van der Waals surface area contributed by atoms with Crippen molar-refractivity contribution in [2.45, 2.75) is 26.9 Å². The van der Waals surface area contributed by atoms with Gasteiger partial charge in [-0.15, -0.1) is 11.3 Å². The summed E-state index contributed by atoms with van der Waals surface area (Å²) in [6, 6.07) is 5.60. The first-order valence-corrected chi connectivity index (χ1v) is 11.1. The number of ether oxygens (including phenoxy) is 2. The van der Waals surface area contributed by atoms with Gasteiger partial charge in [-0.2, -0.15) is 0 Å². The molecule has 7 heteroatoms. The molecule has 0 bridgehead atoms. The maximum absolute atomic E-state index is 10.5. The van der Waals surface area contributed by atoms with Crippen molar-refractivity contribution >= 4 is 16.5 Å². The molecule has 1 aromatic heterocycles. The van der Waals surface area contributed by atoms with Crippen molar-refractivity contribution in [1.29, 1.82) is 0 Å². The van der Waals surface area contributed by atoms with E-state index in [2.05, 4.69) is 47.4 Å². The van der Waals surface area contributed by atoms with Crippen LogP contribution in [-0.4, -0.2) is 67.5 Å². The summed E-state index contributed by atoms with van der Waals surface area (Å²) in [5, 5.41) is 13.5. The lowest BCUT2D eigenvalue weighted by molar-refractivity contribution is 0.0662. The molecule has 30 heavy (non-hydrogen) atoms. The van der Waals surface area contributed by atoms with Gasteiger partial charge in [0.05, 0.1) is 7.11 Å². The predicted octanol–water partition coefficient (Wildman–Crippen LogP) is 3.11. The summed E-state index contributed by atoms with van der Waals surface area (Å²) >= 11 is 1.67. The van der Waals surface area contributed by atoms with Crippen LogP contribution >= 0.6 is 11.3 Å². The Morgan fingerprint density at radius 1 is 1.17 bits per heavy atom. The van der Waals surface area contributed by atoms with Crippen LogP contribution < -0.4 is 14.4 Å². The van der Waals surface area contributed by atoms with Gasteiger partial charge in [0.1, 0.15) is 24.2 Å². The molecular formula is C23H31N3O3S. The number of methoxy groups -OCH3 is 1. The Labute approximate surface area is 183 Å². The number of benzene rings is 1. The van der Waals surface area contributed by atoms with Gasteiger partial charge in [-0.3, -0.25) is 4.90 Å². The van der Waals surface area contributed by atoms with E-state index >= 15 is 0 Å². The zero-order chi connectivity index (χ0) is 21.6. The van der Waals surface area contributed by atoms with Crippen LogP contribution in [0.3, 0.4) is 0 Å². The molecule has 1 fully saturated rings. The molecule has 0 amide bonds. The quantitative estimate of drug-likeness (QED) is 0.683. The number of aromatic nitrogens is 1. The van der Waals surface area contributed by atoms with Gasteiger partial charge in [-0.05, 0) is 32.9 Å². The second-order valence-corrected chi connectivity index (χ2v) is 9.34. The standard InChI is InChI=1S/C23H31N3O3S/c1-23(2,3)6-5-18-13-20(28-4)15-21(14-18)29-17-19(27)16-25-8-10-26(11-9-25)22-24-7-12-30-22/h7,12-15,19,27H,8-11,16-17H2,1-4H3. The molecule has 1 aliphatic heterocycles. The van der Waals surface area contributed by atoms with Crippen molar-refractivity contribution in [1.82, 2.24) is 9.88 Å². The zero-order valence-electron chi connectivity index (χ0n) is 18.2. The topological polar surface area (TPSA) is 58.1 Å². The van der Waals surface area contributed by atoms with Gasteiger partial charge in [0.2, 0.25) is 0 Å². The van der Waals surface area contributed by atoms with E-state index in [9.17, 15) is 5.11 Å². The van der Waals surface area contributed by atoms with Gasteiger partial charge in [0.25, 0.3) is 0 Å². The molecule has 6 nitrogen and oxygen atoms in total. The maximum atomic E-state index is 10.5. The van der Waals surface area contributed by atoms with Gasteiger partial charge in [-0.1, -0.05) is 11.8 Å². The third kappa shape index (κ3) is 6.91. The maximum Gasteiger partial charge on any atom is 0.185 e. The van der Waals surface area contributed by atoms with Gasteiger partial charge < -0.3 is 19.5 Å². The monoisotopic (exact) mass is 429 g/mol. The number of hydrogen-bond donors (Lipinski definition) is 1. The minimum absolute atomic E-state index is 0.0795. The predicted molar refractivity (Wildman–Crippen MR) is 122 cm³/mol. The first-order valence-electron chi connectivity index (χ1n) is 10.2. The van der Waals surface area contributed by atoms with E-state index in [1.807, 2.05) is 29.8 Å². The lowest BCUT2D eigenvalue weighted by Crippen LogP contribution is -2.49. The van der Waals surface area contributed by atoms with Crippen LogP contribution in [0, 0.1) is 17.3 Å². The summed E-state index contributed by atoms with van der Waals surface area (Å²) in [6.45, 7) is 10.7. The highest BCUT2D eigenvalue weighted by atomic mass is 32.1. The van der Waals surface area contributed by atoms with E-state index in [0.717, 1.165) is 36.9 Å². The molecule has 1 atom stereocenters. The molecule has 0 radical (unpaired) electrons. The third-order valence-corrected chi connectivity index (χ3v) is 5.50. The number of anilines is 1. The van der Waals surface area contributed by atoms with Crippen LogP contribution in [0.25, 0.3) is 0 Å². The lowest BCUT2D eigenvalue weighted by Gasteiger charge is -2.35. The fraction of sp³-hybridized carbons (Fsp3) is 0.522. The van der Waals surface area contributed by atoms with Gasteiger partial charge in [-0.25, -0.2) is 4.98 Å². The number of hydrogen-bond acceptors (Lipinski definition) is 7. The number of β-amino-alcohol motifs (C(OH)–C–C–N with tert-alkyl or cyclic N) is 1. The molecular weight excluding hydrogens is 398 g/mol. The van der Waals surface area contributed by atoms with E-state index < -0.39 is 6.10 Å². The summed E-state index contributed by atoms with van der Waals surface area (Å²) in [6.07, 6.45) is 1.28. The highest BCUT2D eigenvalue weighted by molar-refractivity contribution is 7.13. The van der Waals surface area contributed by atoms with Crippen LogP contribution in [0.4, 0.5) is 5.13 Å². The van der Waals surface area contributed by atoms with Crippen molar-refractivity contribution < 1.29 is 14.6 Å². The minimum atomic E-state index is -0.563. The average molecular weight is 430 g/mol. The van der Waals surface area contributed by atoms with Crippen molar-refractivity contribution in [3.63, 3.8) is 0 Å². The number of aliphatic hydroxyl groups is 1. The molecule has 3 rings (SSSR count). The number of nitrogens with zero attached hydrogens (tertiary/aromatic N) is 3. The molecule has 2 aromatic rings. The highest BCUT2D eigenvalue weighted by Crippen LogP contribution is 2.23. The zero-order valence-corrected chi connectivity index (χ0v) is 19.0. The van der Waals surface area contributed by atoms with Crippen molar-refractivity contribution in [2.24, 2.45) is 5.41 Å². The smallest absolute Gasteiger partial charge is 0.185 e. The summed E-state index contributed by atoms with van der Waals surface area (Å²) < 4.78 is 11.2. The minimum Gasteiger partial charge on any atom is -0.497 e. The number of thiazole rings is 1. The van der Waals surface area contributed by atoms with Crippen LogP contribution in [0.15, 0.2) is 29.8 Å². The van der Waals surface area contributed by atoms with Crippen molar-refractivity contribution in [2.75, 3.05) is 51.3 Å². The Kier molecular flexibility index (Phi) is 7.59. The molecule has 1 aromatic carbocycles. The lowest BCUT2D eigenvalue weighted by atomic mass is 9.97. The summed E-state index contributed by atoms with van der Waals surface area (Å²) in [5.74, 6) is 7.75. The summed E-state index contributed by atoms with van der Waals surface area (Å²) in [4.78, 5) is 8.93. The van der Waals surface area contributed by atoms with Crippen molar-refractivity contribution in [3.05, 3.63) is 35.3 Å². The van der Waals surface area contributed by atoms with E-state index in [4.69, 9.17) is 9.47 Å². The Balaban J connectivity index is 1.50. The Hall–Kier alpha value is -2.27. The molecule has 0 saturated carbocycles. The Bertz CT molecular complexity index is 860. The van der Waals surface area contributed by atoms with E-state index in [-0.39, 0.29) is 12.0 Å². The average Bonchev–Trinajstić information content (AvgIpc) is 3.25. The molecule has 0 aliphatic carbocycles. The van der Waals surface area contributed by atoms with E-state index in [1.54, 1.807) is 18.4 Å².